The molecule has 0 N–H and O–H groups in total. The summed E-state index contributed by atoms with van der Waals surface area (Å²) in [5, 5.41) is 0. The van der Waals surface area contributed by atoms with E-state index in [4.69, 9.17) is 15.7 Å². The van der Waals surface area contributed by atoms with Crippen molar-refractivity contribution in [3.8, 4) is 0 Å². The number of anilines is 15. The topological polar surface area (TPSA) is 16.2 Å². The van der Waals surface area contributed by atoms with E-state index in [2.05, 4.69) is 302 Å². The number of hydrogen-bond acceptors (Lipinski definition) is 5. The van der Waals surface area contributed by atoms with E-state index in [0.29, 0.717) is 0 Å². The summed E-state index contributed by atoms with van der Waals surface area (Å²) in [6.45, 7) is 11.0. The van der Waals surface area contributed by atoms with Crippen LogP contribution in [0.2, 0.25) is 0 Å². The molecule has 0 heterocycles. The van der Waals surface area contributed by atoms with E-state index in [1.807, 2.05) is 24.3 Å². The van der Waals surface area contributed by atoms with Gasteiger partial charge in [0.2, 0.25) is 0 Å². The largest absolute Gasteiger partial charge is 0.311 e. The van der Waals surface area contributed by atoms with E-state index in [1.54, 1.807) is 0 Å². The molecule has 0 aliphatic rings. The van der Waals surface area contributed by atoms with Gasteiger partial charge in [-0.15, -0.1) is 0 Å². The lowest BCUT2D eigenvalue weighted by Crippen LogP contribution is -2.14. The van der Waals surface area contributed by atoms with E-state index in [1.165, 1.54) is 53.5 Å². The van der Waals surface area contributed by atoms with Crippen molar-refractivity contribution < 1.29 is 0 Å². The van der Waals surface area contributed by atoms with E-state index in [0.717, 1.165) is 128 Å². The number of unbranched alkanes of at least 4 members (excludes halogenated alkanes) is 3. The lowest BCUT2D eigenvalue weighted by Gasteiger charge is -2.31. The number of benzene rings is 11. The van der Waals surface area contributed by atoms with Crippen molar-refractivity contribution in [1.82, 2.24) is 0 Å². The van der Waals surface area contributed by atoms with E-state index >= 15 is 0 Å². The van der Waals surface area contributed by atoms with Crippen LogP contribution in [0, 0.1) is 13.8 Å². The third-order valence-electron chi connectivity index (χ3n) is 16.4. The Hall–Kier alpha value is -9.45. The molecule has 11 rings (SSSR count). The molecule has 5 nitrogen and oxygen atoms in total. The molecule has 0 saturated carbocycles. The van der Waals surface area contributed by atoms with E-state index in [9.17, 15) is 0 Å². The van der Waals surface area contributed by atoms with Crippen LogP contribution in [-0.4, -0.2) is 15.7 Å². The minimum absolute atomic E-state index is 0.730. The lowest BCUT2D eigenvalue weighted by molar-refractivity contribution is 0.795. The van der Waals surface area contributed by atoms with Crippen LogP contribution in [0.5, 0.6) is 0 Å². The molecule has 0 aliphatic carbocycles. The summed E-state index contributed by atoms with van der Waals surface area (Å²) in [5.41, 5.74) is 23.8. The van der Waals surface area contributed by atoms with Gasteiger partial charge in [0.1, 0.15) is 15.7 Å². The summed E-state index contributed by atoms with van der Waals surface area (Å²) in [6.07, 6.45) is 10.2. The maximum Gasteiger partial charge on any atom is 0.113 e. The summed E-state index contributed by atoms with van der Waals surface area (Å²) < 4.78 is 0. The Balaban J connectivity index is 0.980. The van der Waals surface area contributed by atoms with Gasteiger partial charge in [-0.1, -0.05) is 147 Å². The fourth-order valence-electron chi connectivity index (χ4n) is 11.5. The molecule has 0 spiro atoms. The predicted octanol–water partition coefficient (Wildman–Crippen LogP) is 21.3. The van der Waals surface area contributed by atoms with Gasteiger partial charge in [0.15, 0.2) is 0 Å². The fourth-order valence-corrected chi connectivity index (χ4v) is 11.5. The highest BCUT2D eigenvalue weighted by atomic mass is 15.2. The van der Waals surface area contributed by atoms with Gasteiger partial charge >= 0.3 is 0 Å². The molecule has 0 amide bonds. The van der Waals surface area contributed by atoms with Gasteiger partial charge in [0.25, 0.3) is 0 Å². The predicted molar refractivity (Wildman–Crippen MR) is 376 cm³/mol. The summed E-state index contributed by atoms with van der Waals surface area (Å²) in [7, 11) is 12.5. The Morgan fingerprint density at radius 1 is 0.207 bits per heavy atom. The zero-order chi connectivity index (χ0) is 60.1. The smallest absolute Gasteiger partial charge is 0.113 e. The maximum atomic E-state index is 6.27. The van der Waals surface area contributed by atoms with Crippen LogP contribution < -0.4 is 35.4 Å². The van der Waals surface area contributed by atoms with Gasteiger partial charge in [0.05, 0.1) is 0 Å². The quantitative estimate of drug-likeness (QED) is 0.0559. The van der Waals surface area contributed by atoms with Crippen molar-refractivity contribution >= 4 is 112 Å². The highest BCUT2D eigenvalue weighted by Crippen LogP contribution is 2.44. The Bertz CT molecular complexity index is 3760. The lowest BCUT2D eigenvalue weighted by atomic mass is 9.96. The Kier molecular flexibility index (Phi) is 19.2. The number of nitrogens with zero attached hydrogens (tertiary/aromatic N) is 5. The molecule has 87 heavy (non-hydrogen) atoms. The van der Waals surface area contributed by atoms with Crippen LogP contribution in [0.4, 0.5) is 85.3 Å². The molecule has 0 fully saturated rings. The summed E-state index contributed by atoms with van der Waals surface area (Å²) >= 11 is 0. The molecular formula is C80H77B2N5. The molecule has 4 radical (unpaired) electrons. The van der Waals surface area contributed by atoms with Crippen LogP contribution >= 0.6 is 0 Å². The molecule has 0 atom stereocenters. The highest BCUT2D eigenvalue weighted by Gasteiger charge is 2.21. The van der Waals surface area contributed by atoms with Crippen molar-refractivity contribution in [3.63, 3.8) is 0 Å². The molecule has 0 aliphatic heterocycles. The Morgan fingerprint density at radius 3 is 0.506 bits per heavy atom. The van der Waals surface area contributed by atoms with Crippen molar-refractivity contribution in [1.29, 1.82) is 0 Å². The third kappa shape index (κ3) is 14.3. The molecular weight excluding hydrogens is 1050 g/mol. The molecule has 7 heteroatoms. The molecule has 0 bridgehead atoms. The normalized spacial score (nSPS) is 11.1. The zero-order valence-electron chi connectivity index (χ0n) is 51.2. The number of aryl methyl sites for hydroxylation is 5. The van der Waals surface area contributed by atoms with Gasteiger partial charge in [0, 0.05) is 85.3 Å². The van der Waals surface area contributed by atoms with Crippen molar-refractivity contribution in [2.75, 3.05) is 24.5 Å². The molecule has 428 valence electrons. The van der Waals surface area contributed by atoms with E-state index < -0.39 is 0 Å². The molecule has 11 aromatic rings. The van der Waals surface area contributed by atoms with Crippen LogP contribution in [0.15, 0.2) is 267 Å². The maximum absolute atomic E-state index is 6.27. The van der Waals surface area contributed by atoms with E-state index in [-0.39, 0.29) is 0 Å². The molecule has 0 saturated heterocycles. The highest BCUT2D eigenvalue weighted by molar-refractivity contribution is 6.32. The minimum Gasteiger partial charge on any atom is -0.311 e. The van der Waals surface area contributed by atoms with Crippen molar-refractivity contribution in [2.45, 2.75) is 92.4 Å². The van der Waals surface area contributed by atoms with Gasteiger partial charge in [-0.05, 0) is 251 Å². The number of rotatable bonds is 24. The second-order valence-electron chi connectivity index (χ2n) is 22.9. The van der Waals surface area contributed by atoms with Gasteiger partial charge < -0.3 is 24.5 Å². The van der Waals surface area contributed by atoms with Crippen LogP contribution in [-0.2, 0) is 19.3 Å². The third-order valence-corrected chi connectivity index (χ3v) is 16.4. The first-order valence-corrected chi connectivity index (χ1v) is 31.1. The first-order valence-electron chi connectivity index (χ1n) is 31.1. The summed E-state index contributed by atoms with van der Waals surface area (Å²) in [4.78, 5) is 11.7. The standard InChI is InChI=1S/C80H77B2N5/c1-6-9-12-61-19-33-68(34-20-61)83(66-29-15-59(4)16-30-66)73-43-45-74(46-44-73)84(67-31-17-60(5)18-32-67)75-47-53-78(54-48-75)87(79-55-49-76(50-56-79)85(71-39-25-64(81)26-40-71)69-35-21-62(22-36-69)13-10-7-2)80-57-51-77(52-58-80)86(72-41-27-65(82)28-42-72)70-37-23-63(24-38-70)14-11-8-3/h15-58H,6-14H2,1-5H3. The number of hydrogen-bond donors (Lipinski definition) is 0. The van der Waals surface area contributed by atoms with Crippen LogP contribution in [0.1, 0.15) is 87.1 Å². The van der Waals surface area contributed by atoms with Gasteiger partial charge in [-0.2, -0.15) is 0 Å². The van der Waals surface area contributed by atoms with Gasteiger partial charge in [-0.3, -0.25) is 0 Å². The Morgan fingerprint density at radius 2 is 0.345 bits per heavy atom. The second kappa shape index (κ2) is 28.2. The SMILES string of the molecule is [B]c1ccc(N(c2ccc(CCCC)cc2)c2ccc(N(c3ccc(N(c4ccc([B])cc4)c4ccc(CCCC)cc4)cc3)c3ccc(N(c4ccc(C)cc4)c4ccc(N(c5ccc(C)cc5)c5ccc(CCCC)cc5)cc4)cc3)cc2)cc1. The zero-order valence-corrected chi connectivity index (χ0v) is 51.2. The average molecular weight is 1130 g/mol. The first kappa shape index (κ1) is 59.3. The summed E-state index contributed by atoms with van der Waals surface area (Å²) in [5.74, 6) is 0. The molecule has 11 aromatic carbocycles. The first-order chi connectivity index (χ1) is 42.6. The Labute approximate surface area is 520 Å². The monoisotopic (exact) mass is 1130 g/mol. The van der Waals surface area contributed by atoms with Crippen LogP contribution in [0.25, 0.3) is 0 Å². The molecule has 0 aromatic heterocycles. The van der Waals surface area contributed by atoms with Crippen molar-refractivity contribution in [3.05, 3.63) is 295 Å². The summed E-state index contributed by atoms with van der Waals surface area (Å²) in [6, 6.07) is 96.9. The fraction of sp³-hybridized carbons (Fsp3) is 0.175. The average Bonchev–Trinajstić information content (AvgIpc) is 1.89. The van der Waals surface area contributed by atoms with Gasteiger partial charge in [-0.25, -0.2) is 0 Å². The second-order valence-corrected chi connectivity index (χ2v) is 22.9. The van der Waals surface area contributed by atoms with Crippen molar-refractivity contribution in [2.24, 2.45) is 0 Å². The van der Waals surface area contributed by atoms with Crippen LogP contribution in [0.3, 0.4) is 0 Å². The molecule has 0 unspecified atom stereocenters. The minimum atomic E-state index is 0.730.